The maximum atomic E-state index is 12.9. The van der Waals surface area contributed by atoms with Crippen LogP contribution in [0.3, 0.4) is 0 Å². The van der Waals surface area contributed by atoms with Gasteiger partial charge in [0, 0.05) is 31.6 Å². The average Bonchev–Trinajstić information content (AvgIpc) is 3.31. The van der Waals surface area contributed by atoms with Crippen molar-refractivity contribution in [2.45, 2.75) is 18.8 Å². The molecule has 25 heavy (non-hydrogen) atoms. The molecule has 1 N–H and O–H groups in total. The molecule has 3 aromatic rings. The van der Waals surface area contributed by atoms with Crippen LogP contribution in [0.2, 0.25) is 0 Å². The number of aryl methyl sites for hydroxylation is 1. The summed E-state index contributed by atoms with van der Waals surface area (Å²) in [6.07, 6.45) is 3.69. The first-order valence-electron chi connectivity index (χ1n) is 8.46. The molecular formula is C18H20N6O. The first-order chi connectivity index (χ1) is 12.2. The molecule has 1 atom stereocenters. The number of rotatable bonds is 3. The molecule has 1 fully saturated rings. The van der Waals surface area contributed by atoms with E-state index in [0.29, 0.717) is 12.2 Å². The average molecular weight is 336 g/mol. The standard InChI is InChI=1S/C18H20N6O/c1-23-12-19-22-17(23)14-8-5-9-24(11-14)18(25)16-10-15(20-21-16)13-6-3-2-4-7-13/h2-4,6-7,10,12,14H,5,8-9,11H2,1H3,(H,20,21)/t14-/m0/s1. The number of aromatic nitrogens is 5. The molecule has 0 unspecified atom stereocenters. The van der Waals surface area contributed by atoms with Crippen LogP contribution in [0.5, 0.6) is 0 Å². The van der Waals surface area contributed by atoms with Gasteiger partial charge in [0.25, 0.3) is 5.91 Å². The van der Waals surface area contributed by atoms with E-state index < -0.39 is 0 Å². The first-order valence-corrected chi connectivity index (χ1v) is 8.46. The molecule has 0 aliphatic carbocycles. The summed E-state index contributed by atoms with van der Waals surface area (Å²) in [7, 11) is 1.94. The molecule has 128 valence electrons. The third-order valence-electron chi connectivity index (χ3n) is 4.70. The summed E-state index contributed by atoms with van der Waals surface area (Å²) in [5, 5.41) is 15.3. The van der Waals surface area contributed by atoms with E-state index in [4.69, 9.17) is 0 Å². The Bertz CT molecular complexity index is 869. The van der Waals surface area contributed by atoms with Crippen LogP contribution in [0, 0.1) is 0 Å². The largest absolute Gasteiger partial charge is 0.337 e. The molecule has 1 saturated heterocycles. The fraction of sp³-hybridized carbons (Fsp3) is 0.333. The summed E-state index contributed by atoms with van der Waals surface area (Å²) in [5.74, 6) is 1.15. The Labute approximate surface area is 145 Å². The molecule has 0 radical (unpaired) electrons. The van der Waals surface area contributed by atoms with E-state index >= 15 is 0 Å². The number of likely N-dealkylation sites (tertiary alicyclic amines) is 1. The van der Waals surface area contributed by atoms with Gasteiger partial charge >= 0.3 is 0 Å². The number of H-pyrrole nitrogens is 1. The Morgan fingerprint density at radius 3 is 2.88 bits per heavy atom. The van der Waals surface area contributed by atoms with Gasteiger partial charge in [-0.2, -0.15) is 5.10 Å². The van der Waals surface area contributed by atoms with Crippen molar-refractivity contribution in [3.63, 3.8) is 0 Å². The van der Waals surface area contributed by atoms with Gasteiger partial charge in [0.05, 0.1) is 5.69 Å². The van der Waals surface area contributed by atoms with Gasteiger partial charge in [-0.15, -0.1) is 10.2 Å². The van der Waals surface area contributed by atoms with Crippen LogP contribution >= 0.6 is 0 Å². The Morgan fingerprint density at radius 2 is 2.12 bits per heavy atom. The van der Waals surface area contributed by atoms with Gasteiger partial charge in [-0.25, -0.2) is 0 Å². The van der Waals surface area contributed by atoms with E-state index in [1.54, 1.807) is 6.33 Å². The molecule has 7 nitrogen and oxygen atoms in total. The molecule has 7 heteroatoms. The van der Waals surface area contributed by atoms with Crippen LogP contribution in [-0.4, -0.2) is 48.9 Å². The number of amides is 1. The Balaban J connectivity index is 1.51. The zero-order valence-electron chi connectivity index (χ0n) is 14.1. The van der Waals surface area contributed by atoms with Crippen LogP contribution in [-0.2, 0) is 7.05 Å². The predicted octanol–water partition coefficient (Wildman–Crippen LogP) is 2.22. The summed E-state index contributed by atoms with van der Waals surface area (Å²) < 4.78 is 1.93. The minimum atomic E-state index is -0.0125. The summed E-state index contributed by atoms with van der Waals surface area (Å²) >= 11 is 0. The highest BCUT2D eigenvalue weighted by Gasteiger charge is 2.28. The molecule has 1 aliphatic rings. The Morgan fingerprint density at radius 1 is 1.28 bits per heavy atom. The monoisotopic (exact) mass is 336 g/mol. The van der Waals surface area contributed by atoms with Gasteiger partial charge in [0.2, 0.25) is 0 Å². The van der Waals surface area contributed by atoms with Crippen LogP contribution in [0.25, 0.3) is 11.3 Å². The van der Waals surface area contributed by atoms with E-state index in [9.17, 15) is 4.79 Å². The van der Waals surface area contributed by atoms with E-state index in [2.05, 4.69) is 20.4 Å². The molecular weight excluding hydrogens is 316 g/mol. The number of nitrogens with zero attached hydrogens (tertiary/aromatic N) is 5. The molecule has 1 aliphatic heterocycles. The Hall–Kier alpha value is -2.96. The van der Waals surface area contributed by atoms with Crippen molar-refractivity contribution in [2.24, 2.45) is 7.05 Å². The molecule has 0 bridgehead atoms. The number of benzene rings is 1. The van der Waals surface area contributed by atoms with Gasteiger partial charge in [-0.3, -0.25) is 9.89 Å². The fourth-order valence-corrected chi connectivity index (χ4v) is 3.39. The quantitative estimate of drug-likeness (QED) is 0.795. The van der Waals surface area contributed by atoms with Gasteiger partial charge < -0.3 is 9.47 Å². The smallest absolute Gasteiger partial charge is 0.271 e. The highest BCUT2D eigenvalue weighted by Crippen LogP contribution is 2.26. The first kappa shape index (κ1) is 15.6. The van der Waals surface area contributed by atoms with Crippen LogP contribution in [0.1, 0.15) is 35.1 Å². The number of hydrogen-bond donors (Lipinski definition) is 1. The van der Waals surface area contributed by atoms with Crippen molar-refractivity contribution in [1.29, 1.82) is 0 Å². The Kier molecular flexibility index (Phi) is 4.05. The zero-order chi connectivity index (χ0) is 17.2. The molecule has 1 aromatic carbocycles. The predicted molar refractivity (Wildman–Crippen MR) is 92.9 cm³/mol. The number of hydrogen-bond acceptors (Lipinski definition) is 4. The summed E-state index contributed by atoms with van der Waals surface area (Å²) in [6, 6.07) is 11.7. The molecule has 4 rings (SSSR count). The lowest BCUT2D eigenvalue weighted by Crippen LogP contribution is -2.39. The number of carbonyl (C=O) groups excluding carboxylic acids is 1. The second-order valence-corrected chi connectivity index (χ2v) is 6.42. The highest BCUT2D eigenvalue weighted by molar-refractivity contribution is 5.93. The van der Waals surface area contributed by atoms with E-state index in [1.807, 2.05) is 52.9 Å². The van der Waals surface area contributed by atoms with E-state index in [-0.39, 0.29) is 11.8 Å². The topological polar surface area (TPSA) is 79.7 Å². The van der Waals surface area contributed by atoms with Crippen molar-refractivity contribution < 1.29 is 4.79 Å². The third kappa shape index (κ3) is 3.05. The van der Waals surface area contributed by atoms with Crippen LogP contribution in [0.4, 0.5) is 0 Å². The number of nitrogens with one attached hydrogen (secondary N) is 1. The maximum absolute atomic E-state index is 12.9. The highest BCUT2D eigenvalue weighted by atomic mass is 16.2. The van der Waals surface area contributed by atoms with Crippen LogP contribution < -0.4 is 0 Å². The normalized spacial score (nSPS) is 17.6. The van der Waals surface area contributed by atoms with Gasteiger partial charge in [0.1, 0.15) is 17.8 Å². The molecule has 2 aromatic heterocycles. The van der Waals surface area contributed by atoms with Gasteiger partial charge in [-0.05, 0) is 18.9 Å². The van der Waals surface area contributed by atoms with Crippen molar-refractivity contribution in [3.05, 3.63) is 54.2 Å². The second kappa shape index (κ2) is 6.51. The summed E-state index contributed by atoms with van der Waals surface area (Å²) in [4.78, 5) is 14.7. The van der Waals surface area contributed by atoms with Gasteiger partial charge in [0.15, 0.2) is 0 Å². The SMILES string of the molecule is Cn1cnnc1[C@H]1CCCN(C(=O)c2cc(-c3ccccc3)n[nH]2)C1. The molecule has 0 saturated carbocycles. The van der Waals surface area contributed by atoms with Crippen LogP contribution in [0.15, 0.2) is 42.7 Å². The van der Waals surface area contributed by atoms with Crippen molar-refractivity contribution in [1.82, 2.24) is 29.9 Å². The summed E-state index contributed by atoms with van der Waals surface area (Å²) in [6.45, 7) is 1.41. The lowest BCUT2D eigenvalue weighted by molar-refractivity contribution is 0.0697. The minimum Gasteiger partial charge on any atom is -0.337 e. The van der Waals surface area contributed by atoms with E-state index in [1.165, 1.54) is 0 Å². The fourth-order valence-electron chi connectivity index (χ4n) is 3.39. The van der Waals surface area contributed by atoms with Crippen molar-refractivity contribution >= 4 is 5.91 Å². The number of piperidine rings is 1. The third-order valence-corrected chi connectivity index (χ3v) is 4.70. The lowest BCUT2D eigenvalue weighted by atomic mass is 9.97. The molecule has 3 heterocycles. The lowest BCUT2D eigenvalue weighted by Gasteiger charge is -2.31. The molecule has 1 amide bonds. The molecule has 0 spiro atoms. The number of aromatic amines is 1. The maximum Gasteiger partial charge on any atom is 0.271 e. The number of carbonyl (C=O) groups is 1. The van der Waals surface area contributed by atoms with Gasteiger partial charge in [-0.1, -0.05) is 30.3 Å². The van der Waals surface area contributed by atoms with Crippen molar-refractivity contribution in [2.75, 3.05) is 13.1 Å². The minimum absolute atomic E-state index is 0.0125. The zero-order valence-corrected chi connectivity index (χ0v) is 14.1. The van der Waals surface area contributed by atoms with Crippen molar-refractivity contribution in [3.8, 4) is 11.3 Å². The summed E-state index contributed by atoms with van der Waals surface area (Å²) in [5.41, 5.74) is 2.30. The second-order valence-electron chi connectivity index (χ2n) is 6.42. The van der Waals surface area contributed by atoms with E-state index in [0.717, 1.165) is 36.5 Å².